The lowest BCUT2D eigenvalue weighted by atomic mass is 9.79. The molecule has 7 aromatic heterocycles. The zero-order chi connectivity index (χ0) is 66.1. The maximum Gasteiger partial charge on any atom is 0.185 e. The molecule has 1 unspecified atom stereocenters. The molecule has 522 valence electrons. The van der Waals surface area contributed by atoms with Gasteiger partial charge in [-0.3, -0.25) is 0 Å². The van der Waals surface area contributed by atoms with Crippen molar-refractivity contribution < 1.29 is 71.1 Å². The Balaban J connectivity index is 0.000000142. The number of halogens is 2. The highest BCUT2D eigenvalue weighted by Crippen LogP contribution is 2.43. The third-order valence-electron chi connectivity index (χ3n) is 15.5. The van der Waals surface area contributed by atoms with E-state index in [-0.39, 0.29) is 30.1 Å². The molecule has 0 N–H and O–H groups in total. The van der Waals surface area contributed by atoms with Crippen LogP contribution in [0.1, 0.15) is 151 Å². The number of fused-ring (bicyclic) bond motifs is 7. The molecule has 0 saturated carbocycles. The Morgan fingerprint density at radius 3 is 1.12 bits per heavy atom. The second-order valence-corrected chi connectivity index (χ2v) is 31.1. The lowest BCUT2D eigenvalue weighted by Gasteiger charge is -2.31. The standard InChI is InChI=1S/C15H24O3S.C15H24O2S.2C9H12O2S.C8H10O2S.C7H6Cl2O2S.C7H8O2S/c1-2-3-4-5-6-7-8-16-13-9-17-14-11-19-12-15(14)18-10-13;1-3-5-7-15(8-6-4-2)11-16-13-9-18-10-14(13)17-12-15;1-9(2)5-10-7-3-12-4-8(7)11-6-9;1-2-7-3-4-10-8-5-12-6-9(8)11-7;1-2-4-10-8-6-11-5-7(8)9-3-1;8-7(9)3-10-5-1-12-2-6(5)11-4-7;1-2-8-6-4-10-5-7(6)9-3-1/h11-13H,2-10H2,1H3;9-10H,3-8,11-12H2,1-2H3;3-4H,5-6H2,1-2H3;5-7H,2-4H2,1H3;5-6H,1-4H2;1-2H,3-4H2;4-5H,1-3H2. The summed E-state index contributed by atoms with van der Waals surface area (Å²) in [5.41, 5.74) is 0.347. The van der Waals surface area contributed by atoms with Crippen LogP contribution in [-0.2, 0) is 4.74 Å². The van der Waals surface area contributed by atoms with Crippen molar-refractivity contribution >= 4 is 103 Å². The van der Waals surface area contributed by atoms with Crippen molar-refractivity contribution in [2.45, 2.75) is 167 Å². The van der Waals surface area contributed by atoms with Crippen molar-refractivity contribution in [2.75, 3.05) is 92.5 Å². The summed E-state index contributed by atoms with van der Waals surface area (Å²) in [4.78, 5) is 0. The van der Waals surface area contributed by atoms with E-state index < -0.39 is 4.33 Å². The molecule has 0 radical (unpaired) electrons. The molecule has 0 aromatic carbocycles. The monoisotopic (exact) mass is 1470 g/mol. The van der Waals surface area contributed by atoms with Crippen LogP contribution >= 0.6 is 103 Å². The van der Waals surface area contributed by atoms with Gasteiger partial charge in [0.05, 0.1) is 59.5 Å². The summed E-state index contributed by atoms with van der Waals surface area (Å²) in [7, 11) is 0. The quantitative estimate of drug-likeness (QED) is 0.0710. The fourth-order valence-electron chi connectivity index (χ4n) is 9.85. The predicted molar refractivity (Wildman–Crippen MR) is 388 cm³/mol. The van der Waals surface area contributed by atoms with E-state index in [1.54, 1.807) is 68.0 Å². The van der Waals surface area contributed by atoms with Crippen LogP contribution in [0.3, 0.4) is 0 Å². The molecule has 7 aliphatic rings. The number of thiophene rings is 7. The maximum absolute atomic E-state index is 5.98. The fourth-order valence-corrected chi connectivity index (χ4v) is 14.8. The Hall–Kier alpha value is -4.36. The van der Waals surface area contributed by atoms with Gasteiger partial charge in [-0.25, -0.2) is 0 Å². The summed E-state index contributed by atoms with van der Waals surface area (Å²) in [6, 6.07) is 0. The van der Waals surface area contributed by atoms with Gasteiger partial charge in [0.25, 0.3) is 0 Å². The first-order chi connectivity index (χ1) is 45.9. The molecule has 14 rings (SSSR count). The van der Waals surface area contributed by atoms with E-state index in [1.807, 2.05) is 75.3 Å². The summed E-state index contributed by atoms with van der Waals surface area (Å²) >= 11 is 23.0. The smallest absolute Gasteiger partial charge is 0.185 e. The molecule has 14 heterocycles. The van der Waals surface area contributed by atoms with E-state index in [1.165, 1.54) is 82.0 Å². The first-order valence-corrected chi connectivity index (χ1v) is 40.5. The number of hydrogen-bond donors (Lipinski definition) is 0. The van der Waals surface area contributed by atoms with Gasteiger partial charge in [0.1, 0.15) is 38.6 Å². The zero-order valence-electron chi connectivity index (χ0n) is 55.4. The predicted octanol–water partition coefficient (Wildman–Crippen LogP) is 21.3. The van der Waals surface area contributed by atoms with Crippen molar-refractivity contribution in [3.05, 3.63) is 75.3 Å². The molecule has 0 aliphatic carbocycles. The van der Waals surface area contributed by atoms with E-state index >= 15 is 0 Å². The van der Waals surface area contributed by atoms with Crippen LogP contribution in [0.4, 0.5) is 0 Å². The van der Waals surface area contributed by atoms with Gasteiger partial charge in [-0.2, -0.15) is 0 Å². The number of ether oxygens (including phenoxy) is 15. The molecule has 94 heavy (non-hydrogen) atoms. The zero-order valence-corrected chi connectivity index (χ0v) is 62.6. The SMILES string of the molecule is CC1(C)COc2cscc2OC1.CCC1CCOc2cscc2O1.CCCCC1(CCCC)COc2cscc2OC1.CCCCCCCCOC1COc2cscc2OC1.ClC1(Cl)COc2cscc2OC1.c1scc2c1OCCCCO2.c1scc2c1OCCCO2. The second-order valence-electron chi connectivity index (χ2n) is 24.3. The van der Waals surface area contributed by atoms with Crippen LogP contribution in [0.25, 0.3) is 0 Å². The number of rotatable bonds is 15. The minimum Gasteiger partial charge on any atom is -0.489 e. The van der Waals surface area contributed by atoms with Gasteiger partial charge in [0, 0.05) is 106 Å². The molecule has 0 fully saturated rings. The average molecular weight is 1470 g/mol. The number of unbranched alkanes of at least 4 members (excludes halogenated alkanes) is 7. The summed E-state index contributed by atoms with van der Waals surface area (Å²) in [5.74, 6) is 12.3. The molecular formula is C70H96Cl2O15S7. The van der Waals surface area contributed by atoms with Crippen LogP contribution in [0, 0.1) is 10.8 Å². The highest BCUT2D eigenvalue weighted by Gasteiger charge is 2.35. The molecule has 7 aliphatic heterocycles. The normalized spacial score (nSPS) is 18.1. The number of hydrogen-bond acceptors (Lipinski definition) is 22. The third kappa shape index (κ3) is 25.8. The maximum atomic E-state index is 5.98. The number of alkyl halides is 2. The van der Waals surface area contributed by atoms with Crippen molar-refractivity contribution in [2.24, 2.45) is 10.8 Å². The fraction of sp³-hybridized carbons (Fsp3) is 0.600. The van der Waals surface area contributed by atoms with Crippen molar-refractivity contribution in [3.63, 3.8) is 0 Å². The third-order valence-corrected chi connectivity index (χ3v) is 20.8. The Morgan fingerprint density at radius 2 is 0.702 bits per heavy atom. The van der Waals surface area contributed by atoms with Gasteiger partial charge >= 0.3 is 0 Å². The molecule has 0 bridgehead atoms. The summed E-state index contributed by atoms with van der Waals surface area (Å²) < 4.78 is 82.9. The van der Waals surface area contributed by atoms with Gasteiger partial charge in [0.2, 0.25) is 0 Å². The molecule has 0 saturated heterocycles. The molecule has 24 heteroatoms. The largest absolute Gasteiger partial charge is 0.489 e. The molecule has 7 aromatic rings. The molecule has 1 atom stereocenters. The highest BCUT2D eigenvalue weighted by atomic mass is 35.5. The minimum atomic E-state index is -0.934. The Kier molecular flexibility index (Phi) is 33.0. The molecular weight excluding hydrogens is 1380 g/mol. The van der Waals surface area contributed by atoms with Crippen LogP contribution < -0.4 is 66.3 Å². The van der Waals surface area contributed by atoms with Crippen LogP contribution in [0.2, 0.25) is 0 Å². The summed E-state index contributed by atoms with van der Waals surface area (Å²) in [5, 5.41) is 27.7. The second kappa shape index (κ2) is 41.1. The Morgan fingerprint density at radius 1 is 0.372 bits per heavy atom. The van der Waals surface area contributed by atoms with Gasteiger partial charge < -0.3 is 71.1 Å². The van der Waals surface area contributed by atoms with Crippen LogP contribution in [0.5, 0.6) is 80.5 Å². The first kappa shape index (κ1) is 75.4. The van der Waals surface area contributed by atoms with E-state index in [0.717, 1.165) is 185 Å². The lowest BCUT2D eigenvalue weighted by Crippen LogP contribution is -2.33. The minimum absolute atomic E-state index is 0.0630. The van der Waals surface area contributed by atoms with E-state index in [9.17, 15) is 0 Å². The van der Waals surface area contributed by atoms with Crippen LogP contribution in [-0.4, -0.2) is 109 Å². The Bertz CT molecular complexity index is 2920. The summed E-state index contributed by atoms with van der Waals surface area (Å²) in [6.45, 7) is 22.8. The van der Waals surface area contributed by atoms with Gasteiger partial charge in [-0.15, -0.1) is 79.4 Å². The van der Waals surface area contributed by atoms with Gasteiger partial charge in [-0.1, -0.05) is 123 Å². The van der Waals surface area contributed by atoms with Gasteiger partial charge in [0.15, 0.2) is 84.8 Å². The Labute approximate surface area is 595 Å². The van der Waals surface area contributed by atoms with Crippen molar-refractivity contribution in [1.29, 1.82) is 0 Å². The summed E-state index contributed by atoms with van der Waals surface area (Å²) in [6.07, 6.45) is 20.8. The van der Waals surface area contributed by atoms with Crippen LogP contribution in [0.15, 0.2) is 75.3 Å². The highest BCUT2D eigenvalue weighted by molar-refractivity contribution is 7.10. The molecule has 0 amide bonds. The first-order valence-electron chi connectivity index (χ1n) is 33.1. The molecule has 0 spiro atoms. The van der Waals surface area contributed by atoms with Crippen molar-refractivity contribution in [1.82, 2.24) is 0 Å². The molecule has 15 nitrogen and oxygen atoms in total. The van der Waals surface area contributed by atoms with E-state index in [2.05, 4.69) is 41.5 Å². The van der Waals surface area contributed by atoms with E-state index in [4.69, 9.17) is 94.3 Å². The average Bonchev–Trinajstić information content (AvgIpc) is 1.82. The van der Waals surface area contributed by atoms with Gasteiger partial charge in [-0.05, 0) is 38.5 Å². The van der Waals surface area contributed by atoms with E-state index in [0.29, 0.717) is 19.3 Å². The van der Waals surface area contributed by atoms with Crippen molar-refractivity contribution in [3.8, 4) is 80.5 Å². The lowest BCUT2D eigenvalue weighted by molar-refractivity contribution is 0.00107. The topological polar surface area (TPSA) is 138 Å².